The maximum absolute atomic E-state index is 9.36. The third-order valence-electron chi connectivity index (χ3n) is 2.34. The summed E-state index contributed by atoms with van der Waals surface area (Å²) in [6.07, 6.45) is 0.708. The summed E-state index contributed by atoms with van der Waals surface area (Å²) in [4.78, 5) is 4.26. The van der Waals surface area contributed by atoms with Gasteiger partial charge in [0, 0.05) is 18.5 Å². The van der Waals surface area contributed by atoms with Gasteiger partial charge in [0.1, 0.15) is 5.75 Å². The second-order valence-corrected chi connectivity index (χ2v) is 3.67. The second kappa shape index (κ2) is 5.45. The lowest BCUT2D eigenvalue weighted by Crippen LogP contribution is -2.16. The molecule has 2 rings (SSSR count). The average molecular weight is 233 g/mol. The Labute approximate surface area is 99.5 Å². The molecular formula is C12H15N3O2. The number of hydrogen-bond donors (Lipinski definition) is 2. The predicted molar refractivity (Wildman–Crippen MR) is 63.6 cm³/mol. The largest absolute Gasteiger partial charge is 0.508 e. The van der Waals surface area contributed by atoms with Gasteiger partial charge < -0.3 is 14.9 Å². The van der Waals surface area contributed by atoms with E-state index in [-0.39, 0.29) is 5.75 Å². The van der Waals surface area contributed by atoms with Crippen molar-refractivity contribution >= 4 is 0 Å². The van der Waals surface area contributed by atoms with Crippen molar-refractivity contribution in [3.05, 3.63) is 30.2 Å². The summed E-state index contributed by atoms with van der Waals surface area (Å²) in [5.41, 5.74) is 0.753. The highest BCUT2D eigenvalue weighted by Gasteiger charge is 2.08. The fourth-order valence-corrected chi connectivity index (χ4v) is 1.49. The van der Waals surface area contributed by atoms with Crippen LogP contribution in [0.4, 0.5) is 0 Å². The van der Waals surface area contributed by atoms with Crippen molar-refractivity contribution in [1.29, 1.82) is 0 Å². The standard InChI is InChI=1S/C12H15N3O2/c1-2-13-7-6-11-14-12(15-17-11)9-4-3-5-10(16)8-9/h3-5,8,13,16H,2,6-7H2,1H3. The first kappa shape index (κ1) is 11.6. The van der Waals surface area contributed by atoms with Crippen LogP contribution in [-0.2, 0) is 6.42 Å². The van der Waals surface area contributed by atoms with Gasteiger partial charge in [-0.15, -0.1) is 0 Å². The van der Waals surface area contributed by atoms with Gasteiger partial charge in [-0.3, -0.25) is 0 Å². The van der Waals surface area contributed by atoms with Crippen molar-refractivity contribution in [2.75, 3.05) is 13.1 Å². The van der Waals surface area contributed by atoms with Crippen molar-refractivity contribution in [3.8, 4) is 17.1 Å². The first-order valence-corrected chi connectivity index (χ1v) is 5.62. The molecule has 0 aliphatic rings. The Bertz CT molecular complexity index is 482. The van der Waals surface area contributed by atoms with Crippen molar-refractivity contribution in [3.63, 3.8) is 0 Å². The molecule has 0 atom stereocenters. The van der Waals surface area contributed by atoms with Gasteiger partial charge in [-0.05, 0) is 18.7 Å². The Morgan fingerprint density at radius 2 is 2.29 bits per heavy atom. The van der Waals surface area contributed by atoms with Crippen LogP contribution in [0.1, 0.15) is 12.8 Å². The van der Waals surface area contributed by atoms with Crippen LogP contribution in [0.3, 0.4) is 0 Å². The fraction of sp³-hybridized carbons (Fsp3) is 0.333. The Balaban J connectivity index is 2.07. The minimum absolute atomic E-state index is 0.196. The van der Waals surface area contributed by atoms with Gasteiger partial charge in [-0.2, -0.15) is 4.98 Å². The summed E-state index contributed by atoms with van der Waals surface area (Å²) in [5, 5.41) is 16.4. The summed E-state index contributed by atoms with van der Waals surface area (Å²) >= 11 is 0. The third kappa shape index (κ3) is 3.04. The summed E-state index contributed by atoms with van der Waals surface area (Å²) in [7, 11) is 0. The SMILES string of the molecule is CCNCCc1nc(-c2cccc(O)c2)no1. The molecule has 0 aliphatic carbocycles. The van der Waals surface area contributed by atoms with Crippen molar-refractivity contribution in [2.45, 2.75) is 13.3 Å². The number of nitrogens with one attached hydrogen (secondary N) is 1. The molecule has 5 nitrogen and oxygen atoms in total. The van der Waals surface area contributed by atoms with E-state index in [2.05, 4.69) is 15.5 Å². The van der Waals surface area contributed by atoms with Crippen LogP contribution in [0.15, 0.2) is 28.8 Å². The first-order valence-electron chi connectivity index (χ1n) is 5.62. The molecule has 0 bridgehead atoms. The minimum Gasteiger partial charge on any atom is -0.508 e. The summed E-state index contributed by atoms with van der Waals surface area (Å²) < 4.78 is 5.12. The van der Waals surface area contributed by atoms with E-state index in [1.54, 1.807) is 18.2 Å². The van der Waals surface area contributed by atoms with Crippen molar-refractivity contribution in [2.24, 2.45) is 0 Å². The molecule has 0 saturated heterocycles. The van der Waals surface area contributed by atoms with Gasteiger partial charge in [0.15, 0.2) is 0 Å². The number of hydrogen-bond acceptors (Lipinski definition) is 5. The van der Waals surface area contributed by atoms with Crippen LogP contribution in [0.5, 0.6) is 5.75 Å². The number of benzene rings is 1. The predicted octanol–water partition coefficient (Wildman–Crippen LogP) is 1.59. The normalized spacial score (nSPS) is 10.6. The smallest absolute Gasteiger partial charge is 0.228 e. The number of aromatic hydroxyl groups is 1. The van der Waals surface area contributed by atoms with E-state index in [1.165, 1.54) is 0 Å². The lowest BCUT2D eigenvalue weighted by Gasteiger charge is -1.95. The molecule has 0 fully saturated rings. The average Bonchev–Trinajstić information content (AvgIpc) is 2.78. The van der Waals surface area contributed by atoms with E-state index in [9.17, 15) is 5.11 Å². The van der Waals surface area contributed by atoms with E-state index in [4.69, 9.17) is 4.52 Å². The molecule has 0 unspecified atom stereocenters. The minimum atomic E-state index is 0.196. The molecule has 1 heterocycles. The number of phenolic OH excluding ortho intramolecular Hbond substituents is 1. The summed E-state index contributed by atoms with van der Waals surface area (Å²) in [5.74, 6) is 1.30. The highest BCUT2D eigenvalue weighted by atomic mass is 16.5. The fourth-order valence-electron chi connectivity index (χ4n) is 1.49. The molecule has 1 aromatic carbocycles. The topological polar surface area (TPSA) is 71.2 Å². The number of aromatic nitrogens is 2. The Morgan fingerprint density at radius 1 is 1.41 bits per heavy atom. The van der Waals surface area contributed by atoms with Crippen LogP contribution in [0.25, 0.3) is 11.4 Å². The van der Waals surface area contributed by atoms with Crippen molar-refractivity contribution < 1.29 is 9.63 Å². The zero-order chi connectivity index (χ0) is 12.1. The van der Waals surface area contributed by atoms with Gasteiger partial charge in [0.2, 0.25) is 11.7 Å². The lowest BCUT2D eigenvalue weighted by molar-refractivity contribution is 0.377. The summed E-state index contributed by atoms with van der Waals surface area (Å²) in [6, 6.07) is 6.80. The molecule has 0 radical (unpaired) electrons. The molecule has 17 heavy (non-hydrogen) atoms. The molecule has 5 heteroatoms. The van der Waals surface area contributed by atoms with E-state index in [0.717, 1.165) is 18.7 Å². The van der Waals surface area contributed by atoms with E-state index < -0.39 is 0 Å². The zero-order valence-corrected chi connectivity index (χ0v) is 9.68. The van der Waals surface area contributed by atoms with Gasteiger partial charge >= 0.3 is 0 Å². The summed E-state index contributed by atoms with van der Waals surface area (Å²) in [6.45, 7) is 3.79. The first-order chi connectivity index (χ1) is 8.29. The number of phenols is 1. The van der Waals surface area contributed by atoms with Crippen LogP contribution in [-0.4, -0.2) is 28.3 Å². The third-order valence-corrected chi connectivity index (χ3v) is 2.34. The van der Waals surface area contributed by atoms with Crippen LogP contribution >= 0.6 is 0 Å². The van der Waals surface area contributed by atoms with Crippen molar-refractivity contribution in [1.82, 2.24) is 15.5 Å². The molecule has 90 valence electrons. The number of nitrogens with zero attached hydrogens (tertiary/aromatic N) is 2. The number of likely N-dealkylation sites (N-methyl/N-ethyl adjacent to an activating group) is 1. The maximum atomic E-state index is 9.36. The Morgan fingerprint density at radius 3 is 3.06 bits per heavy atom. The van der Waals surface area contributed by atoms with Gasteiger partial charge in [0.25, 0.3) is 0 Å². The van der Waals surface area contributed by atoms with Gasteiger partial charge in [-0.1, -0.05) is 24.2 Å². The monoisotopic (exact) mass is 233 g/mol. The second-order valence-electron chi connectivity index (χ2n) is 3.67. The lowest BCUT2D eigenvalue weighted by atomic mass is 10.2. The molecule has 1 aromatic heterocycles. The zero-order valence-electron chi connectivity index (χ0n) is 9.68. The van der Waals surface area contributed by atoms with Gasteiger partial charge in [-0.25, -0.2) is 0 Å². The molecule has 2 aromatic rings. The Kier molecular flexibility index (Phi) is 3.72. The molecule has 0 aliphatic heterocycles. The van der Waals surface area contributed by atoms with Crippen LogP contribution in [0.2, 0.25) is 0 Å². The quantitative estimate of drug-likeness (QED) is 0.767. The van der Waals surface area contributed by atoms with Crippen LogP contribution in [0, 0.1) is 0 Å². The molecule has 2 N–H and O–H groups in total. The highest BCUT2D eigenvalue weighted by Crippen LogP contribution is 2.20. The maximum Gasteiger partial charge on any atom is 0.228 e. The molecule has 0 spiro atoms. The molecular weight excluding hydrogens is 218 g/mol. The highest BCUT2D eigenvalue weighted by molar-refractivity contribution is 5.56. The van der Waals surface area contributed by atoms with E-state index in [1.807, 2.05) is 13.0 Å². The van der Waals surface area contributed by atoms with Gasteiger partial charge in [0.05, 0.1) is 0 Å². The molecule has 0 amide bonds. The molecule has 0 saturated carbocycles. The van der Waals surface area contributed by atoms with E-state index >= 15 is 0 Å². The number of rotatable bonds is 5. The Hall–Kier alpha value is -1.88. The van der Waals surface area contributed by atoms with Crippen LogP contribution < -0.4 is 5.32 Å². The van der Waals surface area contributed by atoms with E-state index in [0.29, 0.717) is 18.1 Å².